The van der Waals surface area contributed by atoms with Crippen LogP contribution in [-0.2, 0) is 0 Å². The van der Waals surface area contributed by atoms with Crippen LogP contribution < -0.4 is 10.9 Å². The molecule has 3 aromatic carbocycles. The van der Waals surface area contributed by atoms with Crippen LogP contribution in [0.5, 0.6) is 0 Å². The summed E-state index contributed by atoms with van der Waals surface area (Å²) in [6, 6.07) is 17.0. The van der Waals surface area contributed by atoms with E-state index in [9.17, 15) is 4.79 Å². The molecule has 0 saturated heterocycles. The van der Waals surface area contributed by atoms with Crippen molar-refractivity contribution in [3.05, 3.63) is 97.4 Å². The summed E-state index contributed by atoms with van der Waals surface area (Å²) in [5, 5.41) is 10.6. The average molecular weight is 508 g/mol. The van der Waals surface area contributed by atoms with Gasteiger partial charge in [-0.1, -0.05) is 52.5 Å². The quantitative estimate of drug-likeness (QED) is 0.271. The summed E-state index contributed by atoms with van der Waals surface area (Å²) in [4.78, 5) is 12.6. The second-order valence-corrected chi connectivity index (χ2v) is 8.46. The van der Waals surface area contributed by atoms with E-state index < -0.39 is 0 Å². The van der Waals surface area contributed by atoms with E-state index in [0.717, 1.165) is 0 Å². The maximum absolute atomic E-state index is 12.6. The average Bonchev–Trinajstić information content (AvgIpc) is 2.79. The molecule has 0 aliphatic carbocycles. The first-order valence-electron chi connectivity index (χ1n) is 9.40. The van der Waals surface area contributed by atoms with Crippen molar-refractivity contribution in [3.8, 4) is 0 Å². The molecule has 0 aliphatic heterocycles. The number of anilines is 1. The van der Waals surface area contributed by atoms with Gasteiger partial charge in [0.15, 0.2) is 0 Å². The number of hydrogen-bond acceptors (Lipinski definition) is 4. The maximum atomic E-state index is 12.6. The van der Waals surface area contributed by atoms with Gasteiger partial charge < -0.3 is 0 Å². The van der Waals surface area contributed by atoms with Crippen LogP contribution in [0.3, 0.4) is 0 Å². The van der Waals surface area contributed by atoms with Gasteiger partial charge in [0.1, 0.15) is 0 Å². The van der Waals surface area contributed by atoms with Crippen LogP contribution in [0.25, 0.3) is 0 Å². The second kappa shape index (κ2) is 10.8. The molecule has 0 fully saturated rings. The molecule has 0 spiro atoms. The van der Waals surface area contributed by atoms with Crippen LogP contribution in [-0.4, -0.2) is 17.3 Å². The molecule has 32 heavy (non-hydrogen) atoms. The maximum Gasteiger partial charge on any atom is 0.271 e. The van der Waals surface area contributed by atoms with Crippen LogP contribution in [0.15, 0.2) is 70.9 Å². The first-order chi connectivity index (χ1) is 15.2. The molecular weight excluding hydrogens is 490 g/mol. The van der Waals surface area contributed by atoms with Gasteiger partial charge in [-0.3, -0.25) is 10.2 Å². The molecule has 5 nitrogen and oxygen atoms in total. The summed E-state index contributed by atoms with van der Waals surface area (Å²) in [6.45, 7) is 3.54. The third-order valence-electron chi connectivity index (χ3n) is 4.44. The summed E-state index contributed by atoms with van der Waals surface area (Å²) >= 11 is 24.4. The predicted octanol–water partition coefficient (Wildman–Crippen LogP) is 7.29. The van der Waals surface area contributed by atoms with E-state index in [4.69, 9.17) is 46.4 Å². The highest BCUT2D eigenvalue weighted by molar-refractivity contribution is 6.36. The topological polar surface area (TPSA) is 65.8 Å². The molecule has 1 amide bonds. The van der Waals surface area contributed by atoms with Gasteiger partial charge in [-0.05, 0) is 68.4 Å². The molecule has 0 heterocycles. The van der Waals surface area contributed by atoms with E-state index in [1.807, 2.05) is 0 Å². The van der Waals surface area contributed by atoms with Gasteiger partial charge in [-0.15, -0.1) is 0 Å². The number of rotatable bonds is 6. The summed E-state index contributed by atoms with van der Waals surface area (Å²) in [7, 11) is 0. The Balaban J connectivity index is 1.72. The minimum Gasteiger partial charge on any atom is -0.278 e. The van der Waals surface area contributed by atoms with Crippen LogP contribution in [0.4, 0.5) is 5.69 Å². The molecular formula is C23H18Cl4N4O. The normalized spacial score (nSPS) is 11.9. The van der Waals surface area contributed by atoms with E-state index in [1.165, 1.54) is 0 Å². The number of nitrogens with zero attached hydrogens (tertiary/aromatic N) is 2. The SMILES string of the molecule is C/C(=N/NC(=O)c1cccc(N/N=C(/C)c2cc(Cl)ccc2Cl)c1)c1cc(Cl)ccc1Cl. The van der Waals surface area contributed by atoms with Crippen LogP contribution >= 0.6 is 46.4 Å². The van der Waals surface area contributed by atoms with E-state index in [-0.39, 0.29) is 5.91 Å². The van der Waals surface area contributed by atoms with Crippen molar-refractivity contribution in [2.75, 3.05) is 5.43 Å². The predicted molar refractivity (Wildman–Crippen MR) is 135 cm³/mol. The highest BCUT2D eigenvalue weighted by atomic mass is 35.5. The zero-order chi connectivity index (χ0) is 23.3. The monoisotopic (exact) mass is 506 g/mol. The fourth-order valence-electron chi connectivity index (χ4n) is 2.75. The Bertz CT molecular complexity index is 1220. The lowest BCUT2D eigenvalue weighted by molar-refractivity contribution is 0.0955. The fourth-order valence-corrected chi connectivity index (χ4v) is 3.60. The molecule has 0 saturated carbocycles. The lowest BCUT2D eigenvalue weighted by atomic mass is 10.1. The number of carbonyl (C=O) groups excluding carboxylic acids is 1. The van der Waals surface area contributed by atoms with Crippen molar-refractivity contribution < 1.29 is 4.79 Å². The van der Waals surface area contributed by atoms with Crippen LogP contribution in [0, 0.1) is 0 Å². The molecule has 3 rings (SSSR count). The van der Waals surface area contributed by atoms with Gasteiger partial charge in [0.25, 0.3) is 5.91 Å². The standard InChI is InChI=1S/C23H18Cl4N4O/c1-13(19-11-16(24)6-8-21(19)26)28-30-18-5-3-4-15(10-18)23(32)31-29-14(2)20-12-17(25)7-9-22(20)27/h3-12,30H,1-2H3,(H,31,32)/b28-13-,29-14-. The Kier molecular flexibility index (Phi) is 8.15. The number of halogens is 4. The van der Waals surface area contributed by atoms with Crippen molar-refractivity contribution in [1.82, 2.24) is 5.43 Å². The number of carbonyl (C=O) groups is 1. The number of hydrazone groups is 2. The first-order valence-corrected chi connectivity index (χ1v) is 10.9. The Labute approximate surface area is 206 Å². The van der Waals surface area contributed by atoms with Crippen LogP contribution in [0.1, 0.15) is 35.3 Å². The third-order valence-corrected chi connectivity index (χ3v) is 5.57. The van der Waals surface area contributed by atoms with Crippen LogP contribution in [0.2, 0.25) is 20.1 Å². The zero-order valence-electron chi connectivity index (χ0n) is 17.1. The Morgan fingerprint density at radius 1 is 0.750 bits per heavy atom. The summed E-state index contributed by atoms with van der Waals surface area (Å²) in [6.07, 6.45) is 0. The van der Waals surface area contributed by atoms with Crippen molar-refractivity contribution in [2.24, 2.45) is 10.2 Å². The minimum atomic E-state index is -0.385. The van der Waals surface area contributed by atoms with Crippen molar-refractivity contribution in [1.29, 1.82) is 0 Å². The highest BCUT2D eigenvalue weighted by Gasteiger charge is 2.09. The fraction of sp³-hybridized carbons (Fsp3) is 0.0870. The molecule has 3 aromatic rings. The third kappa shape index (κ3) is 6.24. The van der Waals surface area contributed by atoms with E-state index in [2.05, 4.69) is 21.1 Å². The molecule has 0 bridgehead atoms. The summed E-state index contributed by atoms with van der Waals surface area (Å²) < 4.78 is 0. The summed E-state index contributed by atoms with van der Waals surface area (Å²) in [5.74, 6) is -0.385. The molecule has 0 radical (unpaired) electrons. The van der Waals surface area contributed by atoms with Gasteiger partial charge in [0, 0.05) is 36.8 Å². The Morgan fingerprint density at radius 3 is 1.91 bits per heavy atom. The molecule has 0 atom stereocenters. The van der Waals surface area contributed by atoms with Gasteiger partial charge >= 0.3 is 0 Å². The number of benzene rings is 3. The van der Waals surface area contributed by atoms with Gasteiger partial charge in [-0.25, -0.2) is 5.43 Å². The lowest BCUT2D eigenvalue weighted by Crippen LogP contribution is -2.19. The molecule has 9 heteroatoms. The zero-order valence-corrected chi connectivity index (χ0v) is 20.1. The van der Waals surface area contributed by atoms with E-state index >= 15 is 0 Å². The summed E-state index contributed by atoms with van der Waals surface area (Å²) in [5.41, 5.74) is 9.00. The minimum absolute atomic E-state index is 0.385. The number of amides is 1. The largest absolute Gasteiger partial charge is 0.278 e. The molecule has 0 aliphatic rings. The van der Waals surface area contributed by atoms with Gasteiger partial charge in [0.2, 0.25) is 0 Å². The molecule has 2 N–H and O–H groups in total. The second-order valence-electron chi connectivity index (χ2n) is 6.78. The Hall–Kier alpha value is -2.57. The molecule has 164 valence electrons. The molecule has 0 unspecified atom stereocenters. The van der Waals surface area contributed by atoms with E-state index in [1.54, 1.807) is 74.5 Å². The highest BCUT2D eigenvalue weighted by Crippen LogP contribution is 2.22. The lowest BCUT2D eigenvalue weighted by Gasteiger charge is -2.08. The number of hydrogen-bond donors (Lipinski definition) is 2. The number of nitrogens with one attached hydrogen (secondary N) is 2. The molecule has 0 aromatic heterocycles. The van der Waals surface area contributed by atoms with Crippen molar-refractivity contribution >= 4 is 69.4 Å². The smallest absolute Gasteiger partial charge is 0.271 e. The van der Waals surface area contributed by atoms with Crippen molar-refractivity contribution in [3.63, 3.8) is 0 Å². The Morgan fingerprint density at radius 2 is 1.31 bits per heavy atom. The van der Waals surface area contributed by atoms with Crippen molar-refractivity contribution in [2.45, 2.75) is 13.8 Å². The van der Waals surface area contributed by atoms with Gasteiger partial charge in [0.05, 0.1) is 17.1 Å². The first kappa shape index (κ1) is 24.1. The van der Waals surface area contributed by atoms with E-state index in [0.29, 0.717) is 53.9 Å². The van der Waals surface area contributed by atoms with Gasteiger partial charge in [-0.2, -0.15) is 10.2 Å².